The largest absolute Gasteiger partial charge is 0.219 e. The second-order valence-corrected chi connectivity index (χ2v) is 4.58. The van der Waals surface area contributed by atoms with Crippen molar-refractivity contribution in [1.29, 1.82) is 0 Å². The van der Waals surface area contributed by atoms with Gasteiger partial charge in [-0.15, -0.1) is 11.6 Å². The van der Waals surface area contributed by atoms with Crippen molar-refractivity contribution in [3.05, 3.63) is 46.0 Å². The molecule has 0 bridgehead atoms. The predicted octanol–water partition coefficient (Wildman–Crippen LogP) is 4.50. The molecule has 88 valence electrons. The fourth-order valence-corrected chi connectivity index (χ4v) is 2.31. The van der Waals surface area contributed by atoms with Gasteiger partial charge in [0.25, 0.3) is 0 Å². The van der Waals surface area contributed by atoms with Gasteiger partial charge in [0.15, 0.2) is 0 Å². The summed E-state index contributed by atoms with van der Waals surface area (Å²) in [5, 5.41) is 0.650. The highest BCUT2D eigenvalue weighted by atomic mass is 35.5. The maximum atomic E-state index is 6.11. The molecule has 0 unspecified atom stereocenters. The van der Waals surface area contributed by atoms with E-state index >= 15 is 0 Å². The van der Waals surface area contributed by atoms with Gasteiger partial charge in [0, 0.05) is 0 Å². The molecule has 5 heteroatoms. The fraction of sp³-hybridized carbons (Fsp3) is 0.167. The number of nitrogens with zero attached hydrogens (tertiary/aromatic N) is 2. The molecule has 0 radical (unpaired) electrons. The van der Waals surface area contributed by atoms with E-state index in [1.54, 1.807) is 0 Å². The molecule has 0 aliphatic heterocycles. The minimum Gasteiger partial charge on any atom is -0.219 e. The van der Waals surface area contributed by atoms with E-state index in [2.05, 4.69) is 9.97 Å². The topological polar surface area (TPSA) is 25.8 Å². The maximum absolute atomic E-state index is 6.11. The quantitative estimate of drug-likeness (QED) is 0.600. The lowest BCUT2D eigenvalue weighted by molar-refractivity contribution is 1.03. The van der Waals surface area contributed by atoms with E-state index in [0.717, 1.165) is 11.1 Å². The van der Waals surface area contributed by atoms with Crippen LogP contribution in [-0.2, 0) is 5.88 Å². The summed E-state index contributed by atoms with van der Waals surface area (Å²) in [4.78, 5) is 8.19. The first kappa shape index (κ1) is 12.6. The minimum absolute atomic E-state index is 0.188. The van der Waals surface area contributed by atoms with E-state index in [0.29, 0.717) is 21.7 Å². The monoisotopic (exact) mass is 286 g/mol. The Hall–Kier alpha value is -0.830. The molecular formula is C12H9Cl3N2. The summed E-state index contributed by atoms with van der Waals surface area (Å²) in [5.41, 5.74) is 2.67. The van der Waals surface area contributed by atoms with Crippen molar-refractivity contribution >= 4 is 34.8 Å². The van der Waals surface area contributed by atoms with Crippen molar-refractivity contribution in [3.63, 3.8) is 0 Å². The highest BCUT2D eigenvalue weighted by Crippen LogP contribution is 2.32. The van der Waals surface area contributed by atoms with Crippen LogP contribution in [0.3, 0.4) is 0 Å². The first-order valence-electron chi connectivity index (χ1n) is 4.96. The normalized spacial score (nSPS) is 10.6. The van der Waals surface area contributed by atoms with Crippen molar-refractivity contribution in [2.75, 3.05) is 0 Å². The van der Waals surface area contributed by atoms with Crippen molar-refractivity contribution in [2.24, 2.45) is 0 Å². The predicted molar refractivity (Wildman–Crippen MR) is 71.8 cm³/mol. The first-order valence-corrected chi connectivity index (χ1v) is 6.26. The molecule has 2 aromatic rings. The number of hydrogen-bond acceptors (Lipinski definition) is 2. The van der Waals surface area contributed by atoms with Crippen LogP contribution in [0.1, 0.15) is 11.4 Å². The summed E-state index contributed by atoms with van der Waals surface area (Å²) in [7, 11) is 0. The van der Waals surface area contributed by atoms with Gasteiger partial charge >= 0.3 is 0 Å². The van der Waals surface area contributed by atoms with Gasteiger partial charge < -0.3 is 0 Å². The molecule has 0 atom stereocenters. The Morgan fingerprint density at radius 3 is 2.29 bits per heavy atom. The average Bonchev–Trinajstić information content (AvgIpc) is 2.28. The van der Waals surface area contributed by atoms with Crippen LogP contribution in [0.5, 0.6) is 0 Å². The Balaban J connectivity index is 2.60. The minimum atomic E-state index is 0.188. The molecule has 0 N–H and O–H groups in total. The van der Waals surface area contributed by atoms with Crippen LogP contribution >= 0.6 is 34.8 Å². The van der Waals surface area contributed by atoms with Crippen molar-refractivity contribution in [2.45, 2.75) is 12.8 Å². The Bertz CT molecular complexity index is 532. The molecule has 1 aromatic heterocycles. The molecule has 2 nitrogen and oxygen atoms in total. The van der Waals surface area contributed by atoms with Crippen LogP contribution in [-0.4, -0.2) is 9.97 Å². The van der Waals surface area contributed by atoms with Gasteiger partial charge in [0.1, 0.15) is 16.1 Å². The molecule has 0 aliphatic carbocycles. The Labute approximate surface area is 115 Å². The molecule has 0 fully saturated rings. The van der Waals surface area contributed by atoms with E-state index in [-0.39, 0.29) is 5.88 Å². The lowest BCUT2D eigenvalue weighted by atomic mass is 10.1. The van der Waals surface area contributed by atoms with Crippen molar-refractivity contribution in [3.8, 4) is 11.1 Å². The van der Waals surface area contributed by atoms with E-state index in [9.17, 15) is 0 Å². The fourth-order valence-electron chi connectivity index (χ4n) is 1.55. The van der Waals surface area contributed by atoms with Crippen molar-refractivity contribution in [1.82, 2.24) is 9.97 Å². The SMILES string of the molecule is Cc1cccc(-c2c(Cl)nc(CCl)nc2Cl)c1. The van der Waals surface area contributed by atoms with Crippen LogP contribution in [0.15, 0.2) is 24.3 Å². The maximum Gasteiger partial charge on any atom is 0.146 e. The molecule has 0 saturated carbocycles. The van der Waals surface area contributed by atoms with Gasteiger partial charge in [0.05, 0.1) is 11.4 Å². The van der Waals surface area contributed by atoms with Gasteiger partial charge in [-0.05, 0) is 12.5 Å². The molecule has 1 aromatic carbocycles. The zero-order chi connectivity index (χ0) is 12.4. The van der Waals surface area contributed by atoms with Gasteiger partial charge in [0.2, 0.25) is 0 Å². The second-order valence-electron chi connectivity index (χ2n) is 3.60. The number of rotatable bonds is 2. The zero-order valence-corrected chi connectivity index (χ0v) is 11.3. The molecule has 0 amide bonds. The van der Waals surface area contributed by atoms with Gasteiger partial charge in [-0.2, -0.15) is 0 Å². The molecule has 17 heavy (non-hydrogen) atoms. The van der Waals surface area contributed by atoms with Gasteiger partial charge in [-0.25, -0.2) is 9.97 Å². The molecule has 0 spiro atoms. The Morgan fingerprint density at radius 1 is 1.12 bits per heavy atom. The lowest BCUT2D eigenvalue weighted by Crippen LogP contribution is -1.96. The summed E-state index contributed by atoms with van der Waals surface area (Å²) in [5.74, 6) is 0.617. The highest BCUT2D eigenvalue weighted by Gasteiger charge is 2.13. The summed E-state index contributed by atoms with van der Waals surface area (Å²) < 4.78 is 0. The van der Waals surface area contributed by atoms with Crippen LogP contribution in [0.4, 0.5) is 0 Å². The Kier molecular flexibility index (Phi) is 3.87. The number of alkyl halides is 1. The van der Waals surface area contributed by atoms with Crippen LogP contribution in [0.2, 0.25) is 10.3 Å². The van der Waals surface area contributed by atoms with Crippen LogP contribution in [0, 0.1) is 6.92 Å². The van der Waals surface area contributed by atoms with E-state index in [4.69, 9.17) is 34.8 Å². The van der Waals surface area contributed by atoms with E-state index < -0.39 is 0 Å². The summed E-state index contributed by atoms with van der Waals surface area (Å²) in [6.07, 6.45) is 0. The Morgan fingerprint density at radius 2 is 1.76 bits per heavy atom. The highest BCUT2D eigenvalue weighted by molar-refractivity contribution is 6.37. The number of benzene rings is 1. The van der Waals surface area contributed by atoms with Crippen LogP contribution in [0.25, 0.3) is 11.1 Å². The first-order chi connectivity index (χ1) is 8.11. The third-order valence-corrected chi connectivity index (χ3v) is 3.08. The third-order valence-electron chi connectivity index (χ3n) is 2.29. The second kappa shape index (κ2) is 5.21. The van der Waals surface area contributed by atoms with Crippen LogP contribution < -0.4 is 0 Å². The molecule has 2 rings (SSSR count). The number of hydrogen-bond donors (Lipinski definition) is 0. The van der Waals surface area contributed by atoms with Gasteiger partial charge in [-0.1, -0.05) is 53.0 Å². The molecule has 0 saturated heterocycles. The summed E-state index contributed by atoms with van der Waals surface area (Å²) in [6, 6.07) is 7.84. The lowest BCUT2D eigenvalue weighted by Gasteiger charge is -2.08. The smallest absolute Gasteiger partial charge is 0.146 e. The van der Waals surface area contributed by atoms with E-state index in [1.165, 1.54) is 0 Å². The number of aromatic nitrogens is 2. The summed E-state index contributed by atoms with van der Waals surface area (Å²) >= 11 is 17.9. The summed E-state index contributed by atoms with van der Waals surface area (Å²) in [6.45, 7) is 2.00. The molecular weight excluding hydrogens is 279 g/mol. The standard InChI is InChI=1S/C12H9Cl3N2/c1-7-3-2-4-8(5-7)10-11(14)16-9(6-13)17-12(10)15/h2-5H,6H2,1H3. The zero-order valence-electron chi connectivity index (χ0n) is 9.04. The van der Waals surface area contributed by atoms with Crippen molar-refractivity contribution < 1.29 is 0 Å². The molecule has 0 aliphatic rings. The number of halogens is 3. The van der Waals surface area contributed by atoms with E-state index in [1.807, 2.05) is 31.2 Å². The molecule has 1 heterocycles. The van der Waals surface area contributed by atoms with Gasteiger partial charge in [-0.3, -0.25) is 0 Å². The average molecular weight is 288 g/mol. The third kappa shape index (κ3) is 2.71. The number of aryl methyl sites for hydroxylation is 1.